The first-order valence-corrected chi connectivity index (χ1v) is 11.2. The lowest BCUT2D eigenvalue weighted by atomic mass is 10.0. The molecule has 3 rings (SSSR count). The second-order valence-corrected chi connectivity index (χ2v) is 9.24. The summed E-state index contributed by atoms with van der Waals surface area (Å²) in [5, 5.41) is 0. The van der Waals surface area contributed by atoms with E-state index in [1.165, 1.54) is 0 Å². The van der Waals surface area contributed by atoms with E-state index in [2.05, 4.69) is 9.62 Å². The van der Waals surface area contributed by atoms with Crippen LogP contribution in [0.2, 0.25) is 0 Å². The summed E-state index contributed by atoms with van der Waals surface area (Å²) in [5.74, 6) is 0. The quantitative estimate of drug-likeness (QED) is 0.806. The zero-order valence-corrected chi connectivity index (χ0v) is 18.0. The van der Waals surface area contributed by atoms with E-state index in [0.717, 1.165) is 40.9 Å². The molecule has 0 aliphatic carbocycles. The van der Waals surface area contributed by atoms with Crippen LogP contribution >= 0.6 is 0 Å². The molecule has 6 heteroatoms. The van der Waals surface area contributed by atoms with Crippen LogP contribution in [0.4, 0.5) is 0 Å². The molecule has 1 atom stereocenters. The van der Waals surface area contributed by atoms with Gasteiger partial charge in [0.2, 0.25) is 10.0 Å². The molecule has 1 heterocycles. The normalized spacial score (nSPS) is 16.9. The minimum absolute atomic E-state index is 0.316. The van der Waals surface area contributed by atoms with E-state index >= 15 is 0 Å². The molecule has 0 spiro atoms. The Bertz CT molecular complexity index is 894. The fraction of sp³-hybridized carbons (Fsp3) is 0.455. The van der Waals surface area contributed by atoms with Crippen LogP contribution < -0.4 is 4.72 Å². The van der Waals surface area contributed by atoms with Crippen molar-refractivity contribution in [3.05, 3.63) is 64.2 Å². The molecule has 0 radical (unpaired) electrons. The van der Waals surface area contributed by atoms with Crippen molar-refractivity contribution in [3.63, 3.8) is 0 Å². The van der Waals surface area contributed by atoms with E-state index in [1.54, 1.807) is 0 Å². The van der Waals surface area contributed by atoms with Crippen molar-refractivity contribution in [2.24, 2.45) is 0 Å². The summed E-state index contributed by atoms with van der Waals surface area (Å²) in [6.45, 7) is 11.3. The van der Waals surface area contributed by atoms with Crippen LogP contribution in [0.15, 0.2) is 41.3 Å². The molecule has 5 nitrogen and oxygen atoms in total. The molecule has 152 valence electrons. The van der Waals surface area contributed by atoms with Gasteiger partial charge in [-0.25, -0.2) is 13.1 Å². The van der Waals surface area contributed by atoms with Crippen LogP contribution in [0.1, 0.15) is 33.9 Å². The van der Waals surface area contributed by atoms with E-state index in [1.807, 2.05) is 64.1 Å². The lowest BCUT2D eigenvalue weighted by Gasteiger charge is -2.31. The Morgan fingerprint density at radius 3 is 2.14 bits per heavy atom. The van der Waals surface area contributed by atoms with Crippen LogP contribution in [-0.2, 0) is 14.8 Å². The number of nitrogens with one attached hydrogen (secondary N) is 1. The van der Waals surface area contributed by atoms with Crippen LogP contribution in [0, 0.1) is 27.7 Å². The van der Waals surface area contributed by atoms with Gasteiger partial charge in [-0.3, -0.25) is 4.90 Å². The van der Waals surface area contributed by atoms with Crippen molar-refractivity contribution in [1.82, 2.24) is 9.62 Å². The third-order valence-electron chi connectivity index (χ3n) is 5.61. The van der Waals surface area contributed by atoms with Crippen LogP contribution in [0.5, 0.6) is 0 Å². The number of benzene rings is 2. The highest BCUT2D eigenvalue weighted by atomic mass is 32.2. The summed E-state index contributed by atoms with van der Waals surface area (Å²) in [5.41, 5.74) is 4.58. The minimum atomic E-state index is -3.67. The van der Waals surface area contributed by atoms with Gasteiger partial charge in [0, 0.05) is 19.6 Å². The predicted molar refractivity (Wildman–Crippen MR) is 112 cm³/mol. The molecule has 0 aromatic heterocycles. The van der Waals surface area contributed by atoms with Crippen molar-refractivity contribution in [2.75, 3.05) is 32.8 Å². The van der Waals surface area contributed by atoms with Gasteiger partial charge in [0.1, 0.15) is 0 Å². The highest BCUT2D eigenvalue weighted by Gasteiger charge is 2.27. The van der Waals surface area contributed by atoms with Gasteiger partial charge in [-0.1, -0.05) is 36.4 Å². The zero-order chi connectivity index (χ0) is 20.3. The van der Waals surface area contributed by atoms with Crippen LogP contribution in [0.25, 0.3) is 0 Å². The van der Waals surface area contributed by atoms with Gasteiger partial charge in [-0.15, -0.1) is 0 Å². The summed E-state index contributed by atoms with van der Waals surface area (Å²) >= 11 is 0. The Hall–Kier alpha value is -1.73. The average molecular weight is 403 g/mol. The molecule has 0 amide bonds. The largest absolute Gasteiger partial charge is 0.379 e. The van der Waals surface area contributed by atoms with Gasteiger partial charge in [0.15, 0.2) is 0 Å². The highest BCUT2D eigenvalue weighted by molar-refractivity contribution is 7.89. The molecule has 2 aromatic rings. The Morgan fingerprint density at radius 2 is 1.57 bits per heavy atom. The van der Waals surface area contributed by atoms with Crippen LogP contribution in [0.3, 0.4) is 0 Å². The molecule has 2 aromatic carbocycles. The van der Waals surface area contributed by atoms with E-state index in [9.17, 15) is 8.42 Å². The van der Waals surface area contributed by atoms with E-state index < -0.39 is 10.0 Å². The maximum Gasteiger partial charge on any atom is 0.241 e. The lowest BCUT2D eigenvalue weighted by Crippen LogP contribution is -2.43. The maximum absolute atomic E-state index is 13.4. The summed E-state index contributed by atoms with van der Waals surface area (Å²) in [4.78, 5) is 2.66. The van der Waals surface area contributed by atoms with Crippen molar-refractivity contribution in [1.29, 1.82) is 0 Å². The Labute approximate surface area is 168 Å². The number of hydrogen-bond donors (Lipinski definition) is 1. The Morgan fingerprint density at radius 1 is 1.00 bits per heavy atom. The molecule has 1 aliphatic heterocycles. The molecule has 1 N–H and O–H groups in total. The number of morpholine rings is 1. The third kappa shape index (κ3) is 4.63. The summed E-state index contributed by atoms with van der Waals surface area (Å²) < 4.78 is 35.3. The van der Waals surface area contributed by atoms with Gasteiger partial charge in [0.25, 0.3) is 0 Å². The first-order chi connectivity index (χ1) is 13.3. The minimum Gasteiger partial charge on any atom is -0.379 e. The first-order valence-electron chi connectivity index (χ1n) is 9.74. The molecular weight excluding hydrogens is 372 g/mol. The van der Waals surface area contributed by atoms with Crippen molar-refractivity contribution in [2.45, 2.75) is 38.6 Å². The smallest absolute Gasteiger partial charge is 0.241 e. The zero-order valence-electron chi connectivity index (χ0n) is 17.2. The summed E-state index contributed by atoms with van der Waals surface area (Å²) in [6, 6.07) is 11.5. The number of aryl methyl sites for hydroxylation is 2. The molecule has 1 fully saturated rings. The number of ether oxygens (including phenoxy) is 1. The monoisotopic (exact) mass is 402 g/mol. The number of hydrogen-bond acceptors (Lipinski definition) is 4. The van der Waals surface area contributed by atoms with Gasteiger partial charge in [-0.2, -0.15) is 0 Å². The second-order valence-electron chi connectivity index (χ2n) is 7.59. The van der Waals surface area contributed by atoms with Crippen molar-refractivity contribution >= 4 is 10.0 Å². The number of nitrogens with zero attached hydrogens (tertiary/aromatic N) is 1. The van der Waals surface area contributed by atoms with Crippen LogP contribution in [-0.4, -0.2) is 46.2 Å². The SMILES string of the molecule is Cc1cc(C)c(C)c(S(=O)(=O)N[C@@H](CN2CCOCC2)c2ccccc2)c1C. The van der Waals surface area contributed by atoms with Gasteiger partial charge in [-0.05, 0) is 55.5 Å². The van der Waals surface area contributed by atoms with Crippen molar-refractivity contribution in [3.8, 4) is 0 Å². The highest BCUT2D eigenvalue weighted by Crippen LogP contribution is 2.28. The molecule has 28 heavy (non-hydrogen) atoms. The third-order valence-corrected chi connectivity index (χ3v) is 7.35. The van der Waals surface area contributed by atoms with Crippen molar-refractivity contribution < 1.29 is 13.2 Å². The fourth-order valence-corrected chi connectivity index (χ4v) is 5.60. The second kappa shape index (κ2) is 8.74. The topological polar surface area (TPSA) is 58.6 Å². The Kier molecular flexibility index (Phi) is 6.55. The number of rotatable bonds is 6. The molecular formula is C22H30N2O3S. The Balaban J connectivity index is 1.96. The van der Waals surface area contributed by atoms with Gasteiger partial charge in [0.05, 0.1) is 24.2 Å². The van der Waals surface area contributed by atoms with E-state index in [0.29, 0.717) is 24.7 Å². The predicted octanol–water partition coefficient (Wildman–Crippen LogP) is 3.27. The van der Waals surface area contributed by atoms with Gasteiger partial charge < -0.3 is 4.74 Å². The molecule has 0 unspecified atom stereocenters. The molecule has 0 bridgehead atoms. The van der Waals surface area contributed by atoms with E-state index in [-0.39, 0.29) is 6.04 Å². The standard InChI is InChI=1S/C22H30N2O3S/c1-16-14-17(2)19(4)22(18(16)3)28(25,26)23-21(20-8-6-5-7-9-20)15-24-10-12-27-13-11-24/h5-9,14,21,23H,10-13,15H2,1-4H3/t21-/m0/s1. The average Bonchev–Trinajstić information content (AvgIpc) is 2.67. The summed E-state index contributed by atoms with van der Waals surface area (Å²) in [6.07, 6.45) is 0. The summed E-state index contributed by atoms with van der Waals surface area (Å²) in [7, 11) is -3.67. The fourth-order valence-electron chi connectivity index (χ4n) is 3.77. The maximum atomic E-state index is 13.4. The number of sulfonamides is 1. The molecule has 1 saturated heterocycles. The van der Waals surface area contributed by atoms with E-state index in [4.69, 9.17) is 4.74 Å². The first kappa shape index (κ1) is 21.0. The molecule has 1 aliphatic rings. The molecule has 0 saturated carbocycles. The van der Waals surface area contributed by atoms with Gasteiger partial charge >= 0.3 is 0 Å². The lowest BCUT2D eigenvalue weighted by molar-refractivity contribution is 0.0345.